The molecule has 0 unspecified atom stereocenters. The Bertz CT molecular complexity index is 756. The lowest BCUT2D eigenvalue weighted by Gasteiger charge is -2.03. The maximum atomic E-state index is 4.37. The summed E-state index contributed by atoms with van der Waals surface area (Å²) in [6.45, 7) is 0. The van der Waals surface area contributed by atoms with E-state index in [0.29, 0.717) is 5.82 Å². The molecule has 0 bridgehead atoms. The van der Waals surface area contributed by atoms with Gasteiger partial charge in [0.2, 0.25) is 0 Å². The molecular formula is C12H7N5. The van der Waals surface area contributed by atoms with Crippen LogP contribution in [0.15, 0.2) is 36.1 Å². The smallest absolute Gasteiger partial charge is 0.163 e. The summed E-state index contributed by atoms with van der Waals surface area (Å²) in [4.78, 5) is 20.0. The molecule has 0 radical (unpaired) electrons. The van der Waals surface area contributed by atoms with E-state index in [-0.39, 0.29) is 0 Å². The Balaban J connectivity index is 2.24. The van der Waals surface area contributed by atoms with Crippen LogP contribution in [-0.4, -0.2) is 26.2 Å². The summed E-state index contributed by atoms with van der Waals surface area (Å²) in [5, 5.41) is 1.12. The van der Waals surface area contributed by atoms with Crippen molar-refractivity contribution in [1.82, 2.24) is 19.9 Å². The molecule has 0 aliphatic carbocycles. The van der Waals surface area contributed by atoms with E-state index in [1.165, 1.54) is 6.33 Å². The molecule has 0 fully saturated rings. The Morgan fingerprint density at radius 1 is 1.00 bits per heavy atom. The zero-order valence-corrected chi connectivity index (χ0v) is 8.75. The Morgan fingerprint density at radius 2 is 1.94 bits per heavy atom. The molecule has 5 heteroatoms. The molecule has 80 valence electrons. The Hall–Kier alpha value is -2.56. The van der Waals surface area contributed by atoms with Crippen molar-refractivity contribution in [3.63, 3.8) is 0 Å². The molecule has 0 aromatic carbocycles. The summed E-state index contributed by atoms with van der Waals surface area (Å²) >= 11 is 0. The fraction of sp³-hybridized carbons (Fsp3) is 0. The van der Waals surface area contributed by atoms with Crippen LogP contribution in [-0.2, 0) is 0 Å². The molecule has 0 amide bonds. The second kappa shape index (κ2) is 2.98. The van der Waals surface area contributed by atoms with Gasteiger partial charge in [0.15, 0.2) is 5.82 Å². The van der Waals surface area contributed by atoms with Gasteiger partial charge in [0.05, 0.1) is 11.7 Å². The quantitative estimate of drug-likeness (QED) is 0.494. The minimum atomic E-state index is 0.686. The largest absolute Gasteiger partial charge is 0.359 e. The van der Waals surface area contributed by atoms with Crippen molar-refractivity contribution < 1.29 is 0 Å². The maximum absolute atomic E-state index is 4.37. The van der Waals surface area contributed by atoms with Crippen molar-refractivity contribution >= 4 is 22.9 Å². The summed E-state index contributed by atoms with van der Waals surface area (Å²) in [5.74, 6) is 0.686. The van der Waals surface area contributed by atoms with E-state index in [9.17, 15) is 0 Å². The van der Waals surface area contributed by atoms with E-state index in [2.05, 4.69) is 24.9 Å². The van der Waals surface area contributed by atoms with Gasteiger partial charge >= 0.3 is 0 Å². The number of rotatable bonds is 0. The minimum Gasteiger partial charge on any atom is -0.359 e. The zero-order valence-electron chi connectivity index (χ0n) is 8.75. The van der Waals surface area contributed by atoms with Crippen LogP contribution in [0.2, 0.25) is 0 Å². The number of hydrogen-bond donors (Lipinski definition) is 1. The van der Waals surface area contributed by atoms with Crippen LogP contribution < -0.4 is 0 Å². The molecule has 3 aromatic heterocycles. The van der Waals surface area contributed by atoms with Crippen LogP contribution >= 0.6 is 0 Å². The van der Waals surface area contributed by atoms with Crippen molar-refractivity contribution in [3.05, 3.63) is 36.7 Å². The first-order chi connectivity index (χ1) is 8.43. The third-order valence-corrected chi connectivity index (χ3v) is 2.93. The van der Waals surface area contributed by atoms with Gasteiger partial charge in [-0.2, -0.15) is 0 Å². The first-order valence-electron chi connectivity index (χ1n) is 5.23. The molecule has 0 spiro atoms. The predicted octanol–water partition coefficient (Wildman–Crippen LogP) is 2.08. The Kier molecular flexibility index (Phi) is 1.50. The highest BCUT2D eigenvalue weighted by atomic mass is 14.9. The second-order valence-electron chi connectivity index (χ2n) is 3.87. The molecule has 3 aromatic rings. The molecule has 0 saturated heterocycles. The molecule has 0 atom stereocenters. The highest BCUT2D eigenvalue weighted by Gasteiger charge is 2.16. The molecule has 1 aliphatic heterocycles. The van der Waals surface area contributed by atoms with Crippen molar-refractivity contribution in [2.75, 3.05) is 0 Å². The van der Waals surface area contributed by atoms with E-state index in [1.54, 1.807) is 6.20 Å². The number of nitrogens with one attached hydrogen (secondary N) is 1. The average Bonchev–Trinajstić information content (AvgIpc) is 2.72. The number of hydrogen-bond acceptors (Lipinski definition) is 4. The van der Waals surface area contributed by atoms with Crippen LogP contribution in [0.3, 0.4) is 0 Å². The van der Waals surface area contributed by atoms with Gasteiger partial charge in [-0.05, 0) is 0 Å². The lowest BCUT2D eigenvalue weighted by atomic mass is 10.0. The third-order valence-electron chi connectivity index (χ3n) is 2.93. The zero-order chi connectivity index (χ0) is 11.2. The van der Waals surface area contributed by atoms with Gasteiger partial charge in [0.25, 0.3) is 0 Å². The van der Waals surface area contributed by atoms with Gasteiger partial charge in [-0.1, -0.05) is 0 Å². The SMILES string of the molecule is C1=Nc2ncncc2-c2cncc3[nH]cc1c23. The molecule has 0 saturated carbocycles. The Labute approximate surface area is 96.3 Å². The summed E-state index contributed by atoms with van der Waals surface area (Å²) in [6, 6.07) is 0. The normalized spacial score (nSPS) is 12.5. The molecule has 1 aliphatic rings. The lowest BCUT2D eigenvalue weighted by Crippen LogP contribution is -1.86. The van der Waals surface area contributed by atoms with Crippen LogP contribution in [0, 0.1) is 0 Å². The third kappa shape index (κ3) is 1.08. The number of aromatic nitrogens is 4. The molecule has 1 N–H and O–H groups in total. The van der Waals surface area contributed by atoms with Gasteiger partial charge < -0.3 is 4.98 Å². The van der Waals surface area contributed by atoms with E-state index in [0.717, 1.165) is 27.6 Å². The number of aromatic amines is 1. The highest BCUT2D eigenvalue weighted by Crippen LogP contribution is 2.35. The fourth-order valence-electron chi connectivity index (χ4n) is 2.16. The number of fused-ring (bicyclic) bond motifs is 2. The average molecular weight is 221 g/mol. The number of nitrogens with zero attached hydrogens (tertiary/aromatic N) is 4. The fourth-order valence-corrected chi connectivity index (χ4v) is 2.16. The van der Waals surface area contributed by atoms with Gasteiger partial charge in [0, 0.05) is 46.9 Å². The van der Waals surface area contributed by atoms with E-state index in [1.807, 2.05) is 24.8 Å². The van der Waals surface area contributed by atoms with E-state index < -0.39 is 0 Å². The first kappa shape index (κ1) is 8.58. The summed E-state index contributed by atoms with van der Waals surface area (Å²) < 4.78 is 0. The van der Waals surface area contributed by atoms with E-state index >= 15 is 0 Å². The van der Waals surface area contributed by atoms with Gasteiger partial charge in [-0.15, -0.1) is 0 Å². The summed E-state index contributed by atoms with van der Waals surface area (Å²) in [7, 11) is 0. The van der Waals surface area contributed by atoms with Crippen molar-refractivity contribution in [1.29, 1.82) is 0 Å². The first-order valence-corrected chi connectivity index (χ1v) is 5.23. The van der Waals surface area contributed by atoms with Gasteiger partial charge in [-0.3, -0.25) is 4.98 Å². The molecule has 4 rings (SSSR count). The molecule has 5 nitrogen and oxygen atoms in total. The topological polar surface area (TPSA) is 66.8 Å². The van der Waals surface area contributed by atoms with Gasteiger partial charge in [0.1, 0.15) is 6.33 Å². The minimum absolute atomic E-state index is 0.686. The number of pyridine rings is 1. The number of H-pyrrole nitrogens is 1. The standard InChI is InChI=1S/C12H7N5/c1-7-2-16-12-9(4-14-6-17-12)8-3-13-5-10(15-1)11(7)8/h1-6,15H. The van der Waals surface area contributed by atoms with Crippen LogP contribution in [0.1, 0.15) is 5.56 Å². The predicted molar refractivity (Wildman–Crippen MR) is 64.4 cm³/mol. The van der Waals surface area contributed by atoms with Crippen LogP contribution in [0.25, 0.3) is 22.0 Å². The lowest BCUT2D eigenvalue weighted by molar-refractivity contribution is 1.15. The Morgan fingerprint density at radius 3 is 2.94 bits per heavy atom. The number of aliphatic imine (C=N–C) groups is 1. The second-order valence-corrected chi connectivity index (χ2v) is 3.87. The molecule has 4 heterocycles. The van der Waals surface area contributed by atoms with Crippen molar-refractivity contribution in [2.24, 2.45) is 4.99 Å². The monoisotopic (exact) mass is 221 g/mol. The maximum Gasteiger partial charge on any atom is 0.163 e. The van der Waals surface area contributed by atoms with Crippen LogP contribution in [0.5, 0.6) is 0 Å². The summed E-state index contributed by atoms with van der Waals surface area (Å²) in [6.07, 6.45) is 10.7. The summed E-state index contributed by atoms with van der Waals surface area (Å²) in [5.41, 5.74) is 3.99. The molecular weight excluding hydrogens is 214 g/mol. The van der Waals surface area contributed by atoms with Crippen LogP contribution in [0.4, 0.5) is 5.82 Å². The van der Waals surface area contributed by atoms with Gasteiger partial charge in [-0.25, -0.2) is 15.0 Å². The van der Waals surface area contributed by atoms with Crippen molar-refractivity contribution in [3.8, 4) is 11.1 Å². The molecule has 17 heavy (non-hydrogen) atoms. The van der Waals surface area contributed by atoms with Crippen molar-refractivity contribution in [2.45, 2.75) is 0 Å². The highest BCUT2D eigenvalue weighted by molar-refractivity contribution is 6.09. The van der Waals surface area contributed by atoms with E-state index in [4.69, 9.17) is 0 Å².